The Morgan fingerprint density at radius 3 is 2.93 bits per heavy atom. The summed E-state index contributed by atoms with van der Waals surface area (Å²) in [5.41, 5.74) is 0. The molecule has 0 saturated carbocycles. The normalized spacial score (nSPS) is 22.8. The van der Waals surface area contributed by atoms with E-state index in [0.29, 0.717) is 13.1 Å². The van der Waals surface area contributed by atoms with Gasteiger partial charge in [0.05, 0.1) is 8.50 Å². The molecule has 0 amide bonds. The van der Waals surface area contributed by atoms with Gasteiger partial charge in [0, 0.05) is 14.9 Å². The molecule has 15 heavy (non-hydrogen) atoms. The fourth-order valence-corrected chi connectivity index (χ4v) is 1.95. The van der Waals surface area contributed by atoms with Gasteiger partial charge in [0.1, 0.15) is 6.26 Å². The van der Waals surface area contributed by atoms with Crippen LogP contribution in [0.2, 0.25) is 0 Å². The number of thiocarbonyl (C=S) groups is 1. The molecule has 0 radical (unpaired) electrons. The second-order valence-electron chi connectivity index (χ2n) is 2.05. The third kappa shape index (κ3) is 7.71. The van der Waals surface area contributed by atoms with E-state index in [1.165, 1.54) is 6.26 Å². The highest BCUT2D eigenvalue weighted by atomic mass is 32.1. The highest BCUT2D eigenvalue weighted by molar-refractivity contribution is 8.11. The average Bonchev–Trinajstić information content (AvgIpc) is 2.24. The number of allylic oxidation sites excluding steroid dienone is 4. The number of hydrogen-bond donors (Lipinski definition) is 0. The lowest BCUT2D eigenvalue weighted by Gasteiger charge is -1.98. The van der Waals surface area contributed by atoms with Crippen molar-refractivity contribution in [2.24, 2.45) is 0 Å². The van der Waals surface area contributed by atoms with Crippen LogP contribution in [0.1, 0.15) is 0 Å². The summed E-state index contributed by atoms with van der Waals surface area (Å²) >= 11 is 5.03. The van der Waals surface area contributed by atoms with E-state index in [9.17, 15) is 0 Å². The monoisotopic (exact) mass is 266 g/mol. The lowest BCUT2D eigenvalue weighted by molar-refractivity contribution is -0.681. The van der Waals surface area contributed by atoms with Crippen LogP contribution in [0.25, 0.3) is 0 Å². The van der Waals surface area contributed by atoms with E-state index in [-0.39, 0.29) is 8.50 Å². The van der Waals surface area contributed by atoms with Crippen molar-refractivity contribution in [2.45, 2.75) is 0 Å². The van der Waals surface area contributed by atoms with E-state index in [2.05, 4.69) is 24.7 Å². The molecule has 0 saturated heterocycles. The van der Waals surface area contributed by atoms with Crippen LogP contribution < -0.4 is 0 Å². The van der Waals surface area contributed by atoms with E-state index in [1.54, 1.807) is 18.2 Å². The van der Waals surface area contributed by atoms with E-state index < -0.39 is 0 Å². The Balaban J connectivity index is 2.42. The number of hydrogen-bond acceptors (Lipinski definition) is 6. The highest BCUT2D eigenvalue weighted by Gasteiger charge is 1.91. The Kier molecular flexibility index (Phi) is 7.78. The second-order valence-corrected chi connectivity index (χ2v) is 5.00. The fraction of sp³-hybridized carbons (Fsp3) is 0. The molecule has 5 nitrogen and oxygen atoms in total. The summed E-state index contributed by atoms with van der Waals surface area (Å²) in [6, 6.07) is 0. The van der Waals surface area contributed by atoms with Gasteiger partial charge in [0.25, 0.3) is 0 Å². The lowest BCUT2D eigenvalue weighted by Crippen LogP contribution is -1.91. The molecule has 1 heterocycles. The molecule has 2 atom stereocenters. The summed E-state index contributed by atoms with van der Waals surface area (Å²) in [6.45, 7) is 0. The molecule has 8 heteroatoms. The van der Waals surface area contributed by atoms with Gasteiger partial charge >= 0.3 is 0 Å². The summed E-state index contributed by atoms with van der Waals surface area (Å²) in [5.74, 6) is 1.90. The smallest absolute Gasteiger partial charge is 0.132 e. The van der Waals surface area contributed by atoms with Crippen molar-refractivity contribution < 1.29 is 24.7 Å². The molecule has 82 valence electrons. The van der Waals surface area contributed by atoms with Crippen molar-refractivity contribution in [2.75, 3.05) is 0 Å². The minimum atomic E-state index is 0.120. The van der Waals surface area contributed by atoms with Crippen LogP contribution in [0, 0.1) is 0 Å². The Labute approximate surface area is 95.3 Å². The fourth-order valence-electron chi connectivity index (χ4n) is 0.546. The minimum Gasteiger partial charge on any atom is -0.314 e. The van der Waals surface area contributed by atoms with E-state index in [4.69, 9.17) is 12.2 Å². The van der Waals surface area contributed by atoms with Gasteiger partial charge in [-0.1, -0.05) is 24.1 Å². The standard InChI is InChI=1S/C7H8O5P2S/c15-7-3-1-2-5-8-9-10-11-12-14-13-6-4-7/h1-6,13-14H. The van der Waals surface area contributed by atoms with Gasteiger partial charge in [-0.25, -0.2) is 0 Å². The summed E-state index contributed by atoms with van der Waals surface area (Å²) in [6.07, 6.45) is 8.12. The Morgan fingerprint density at radius 1 is 1.07 bits per heavy atom. The van der Waals surface area contributed by atoms with E-state index in [1.807, 2.05) is 11.9 Å². The van der Waals surface area contributed by atoms with Crippen molar-refractivity contribution in [3.05, 3.63) is 36.4 Å². The van der Waals surface area contributed by atoms with Crippen molar-refractivity contribution >= 4 is 33.8 Å². The summed E-state index contributed by atoms with van der Waals surface area (Å²) in [7, 11) is 0.563. The third-order valence-corrected chi connectivity index (χ3v) is 3.04. The molecule has 0 spiro atoms. The van der Waals surface area contributed by atoms with E-state index >= 15 is 0 Å². The van der Waals surface area contributed by atoms with Gasteiger partial charge in [-0.2, -0.15) is 4.67 Å². The average molecular weight is 266 g/mol. The summed E-state index contributed by atoms with van der Waals surface area (Å²) < 4.78 is 4.59. The van der Waals surface area contributed by atoms with E-state index in [0.717, 1.165) is 0 Å². The molecule has 1 aliphatic rings. The minimum absolute atomic E-state index is 0.120. The van der Waals surface area contributed by atoms with Crippen LogP contribution in [-0.2, 0) is 24.7 Å². The Morgan fingerprint density at radius 2 is 2.00 bits per heavy atom. The van der Waals surface area contributed by atoms with Gasteiger partial charge in [-0.15, -0.1) is 0 Å². The zero-order chi connectivity index (χ0) is 10.8. The predicted molar refractivity (Wildman–Crippen MR) is 62.1 cm³/mol. The van der Waals surface area contributed by atoms with Crippen LogP contribution in [0.4, 0.5) is 0 Å². The topological polar surface area (TPSA) is 46.2 Å². The maximum Gasteiger partial charge on any atom is 0.132 e. The van der Waals surface area contributed by atoms with Gasteiger partial charge < -0.3 is 4.89 Å². The first kappa shape index (κ1) is 12.9. The molecular formula is C7H8O5P2S. The second kappa shape index (κ2) is 9.07. The maximum atomic E-state index is 5.03. The van der Waals surface area contributed by atoms with Gasteiger partial charge in [-0.05, 0) is 31.5 Å². The van der Waals surface area contributed by atoms with Gasteiger partial charge in [-0.3, -0.25) is 0 Å². The van der Waals surface area contributed by atoms with Crippen LogP contribution in [0.15, 0.2) is 36.4 Å². The van der Waals surface area contributed by atoms with Crippen LogP contribution in [0.5, 0.6) is 0 Å². The van der Waals surface area contributed by atoms with Crippen LogP contribution in [-0.4, -0.2) is 4.86 Å². The molecule has 0 fully saturated rings. The summed E-state index contributed by atoms with van der Waals surface area (Å²) in [4.78, 5) is 5.11. The highest BCUT2D eigenvalue weighted by Crippen LogP contribution is 2.38. The molecule has 0 aromatic heterocycles. The zero-order valence-electron chi connectivity index (χ0n) is 7.41. The molecule has 0 aliphatic carbocycles. The Bertz CT molecular complexity index is 279. The summed E-state index contributed by atoms with van der Waals surface area (Å²) in [5, 5.41) is 12.3. The zero-order valence-corrected chi connectivity index (χ0v) is 10.2. The molecule has 0 bridgehead atoms. The third-order valence-electron chi connectivity index (χ3n) is 1.07. The molecule has 0 N–H and O–H groups in total. The molecule has 1 rings (SSSR count). The molecular weight excluding hydrogens is 258 g/mol. The Hall–Kier alpha value is -0.190. The SMILES string of the molecule is S=C1C=CC=COOOOOPPC=C1. The molecule has 1 aliphatic heterocycles. The predicted octanol–water partition coefficient (Wildman–Crippen LogP) is 2.88. The van der Waals surface area contributed by atoms with Crippen LogP contribution >= 0.6 is 29.0 Å². The number of rotatable bonds is 0. The maximum absolute atomic E-state index is 5.03. The van der Waals surface area contributed by atoms with Gasteiger partial charge in [0.15, 0.2) is 0 Å². The van der Waals surface area contributed by atoms with Gasteiger partial charge in [0.2, 0.25) is 0 Å². The molecule has 0 aromatic rings. The van der Waals surface area contributed by atoms with Crippen molar-refractivity contribution in [1.82, 2.24) is 0 Å². The largest absolute Gasteiger partial charge is 0.314 e. The first-order valence-electron chi connectivity index (χ1n) is 3.76. The van der Waals surface area contributed by atoms with Crippen molar-refractivity contribution in [3.8, 4) is 0 Å². The molecule has 2 unspecified atom stereocenters. The van der Waals surface area contributed by atoms with Crippen LogP contribution in [0.3, 0.4) is 0 Å². The van der Waals surface area contributed by atoms with Crippen molar-refractivity contribution in [1.29, 1.82) is 0 Å². The lowest BCUT2D eigenvalue weighted by atomic mass is 10.3. The molecule has 0 aromatic carbocycles. The van der Waals surface area contributed by atoms with Crippen molar-refractivity contribution in [3.63, 3.8) is 0 Å². The first-order chi connectivity index (χ1) is 7.39. The first-order valence-corrected chi connectivity index (χ1v) is 7.15. The quantitative estimate of drug-likeness (QED) is 0.381.